The Morgan fingerprint density at radius 2 is 1.94 bits per heavy atom. The summed E-state index contributed by atoms with van der Waals surface area (Å²) < 4.78 is 7.74. The molecule has 282 valence electrons. The van der Waals surface area contributed by atoms with E-state index in [9.17, 15) is 14.7 Å². The molecule has 0 spiro atoms. The second-order valence-electron chi connectivity index (χ2n) is 15.5. The number of nitrogens with one attached hydrogen (secondary N) is 2. The lowest BCUT2D eigenvalue weighted by atomic mass is 9.90. The van der Waals surface area contributed by atoms with Gasteiger partial charge in [0, 0.05) is 86.7 Å². The quantitative estimate of drug-likeness (QED) is 0.208. The number of aliphatic hydroxyl groups is 1. The fraction of sp³-hybridized carbons (Fsp3) is 0.450. The Balaban J connectivity index is 1.03. The van der Waals surface area contributed by atoms with Crippen LogP contribution in [0.3, 0.4) is 0 Å². The SMILES string of the molecule is C=CC(=O)Nc1cc(Nc2cnnc(-c3ccnc(N4CCn5c(cc6c5CC(C)(C)C6)C4=O)c3CO)n2)ccc1N1CCN(C2CCOCC2)C[C@@H]1C. The first-order valence-corrected chi connectivity index (χ1v) is 18.9. The zero-order valence-corrected chi connectivity index (χ0v) is 31.2. The first-order chi connectivity index (χ1) is 26.1. The summed E-state index contributed by atoms with van der Waals surface area (Å²) in [4.78, 5) is 42.4. The molecule has 14 heteroatoms. The number of amides is 2. The maximum Gasteiger partial charge on any atom is 0.276 e. The highest BCUT2D eigenvalue weighted by Gasteiger charge is 2.38. The minimum atomic E-state index is -0.370. The Morgan fingerprint density at radius 1 is 1.11 bits per heavy atom. The number of pyridine rings is 1. The predicted octanol–water partition coefficient (Wildman–Crippen LogP) is 4.57. The van der Waals surface area contributed by atoms with Gasteiger partial charge in [0.2, 0.25) is 5.91 Å². The van der Waals surface area contributed by atoms with Gasteiger partial charge >= 0.3 is 0 Å². The highest BCUT2D eigenvalue weighted by Crippen LogP contribution is 2.40. The lowest BCUT2D eigenvalue weighted by Gasteiger charge is -2.45. The molecule has 1 aromatic carbocycles. The molecule has 4 aliphatic rings. The largest absolute Gasteiger partial charge is 0.392 e. The van der Waals surface area contributed by atoms with Crippen molar-refractivity contribution in [2.75, 3.05) is 59.8 Å². The summed E-state index contributed by atoms with van der Waals surface area (Å²) in [7, 11) is 0. The number of nitrogens with zero attached hydrogens (tertiary/aromatic N) is 8. The van der Waals surface area contributed by atoms with Crippen LogP contribution in [-0.4, -0.2) is 98.0 Å². The van der Waals surface area contributed by atoms with Crippen LogP contribution in [0.1, 0.15) is 60.9 Å². The molecule has 6 heterocycles. The van der Waals surface area contributed by atoms with Gasteiger partial charge in [-0.15, -0.1) is 5.10 Å². The maximum atomic E-state index is 13.9. The monoisotopic (exact) mass is 732 g/mol. The van der Waals surface area contributed by atoms with Crippen LogP contribution in [0.5, 0.6) is 0 Å². The van der Waals surface area contributed by atoms with Crippen molar-refractivity contribution in [2.24, 2.45) is 5.41 Å². The molecule has 3 N–H and O–H groups in total. The Kier molecular flexibility index (Phi) is 9.67. The lowest BCUT2D eigenvalue weighted by Crippen LogP contribution is -2.56. The molecule has 1 aliphatic carbocycles. The van der Waals surface area contributed by atoms with Crippen molar-refractivity contribution < 1.29 is 19.4 Å². The predicted molar refractivity (Wildman–Crippen MR) is 207 cm³/mol. The van der Waals surface area contributed by atoms with E-state index in [1.165, 1.54) is 23.5 Å². The summed E-state index contributed by atoms with van der Waals surface area (Å²) in [5.74, 6) is 0.636. The summed E-state index contributed by atoms with van der Waals surface area (Å²) in [6.07, 6.45) is 8.40. The zero-order valence-electron chi connectivity index (χ0n) is 31.2. The van der Waals surface area contributed by atoms with Gasteiger partial charge in [0.1, 0.15) is 11.5 Å². The fourth-order valence-corrected chi connectivity index (χ4v) is 8.69. The number of hydrogen-bond acceptors (Lipinski definition) is 11. The standard InChI is InChI=1S/C40H48N10O4/c1-5-36(52)44-31-19-27(6-7-32(31)48-13-12-47(23-25(48)2)28-9-16-54-17-10-28)43-35-22-42-46-37(45-35)29-8-11-41-38(30(29)24-51)50-15-14-49-33(39(50)53)18-26-20-40(3,4)21-34(26)49/h5-8,11,18-19,22,25,28,51H,1,9-10,12-17,20-21,23-24H2,2-4H3,(H,44,52)(H,43,45,46)/t25-/m0/s1. The molecular formula is C40H48N10O4. The lowest BCUT2D eigenvalue weighted by molar-refractivity contribution is -0.111. The topological polar surface area (TPSA) is 154 Å². The van der Waals surface area contributed by atoms with Gasteiger partial charge in [0.05, 0.1) is 24.2 Å². The van der Waals surface area contributed by atoms with Crippen molar-refractivity contribution in [2.45, 2.75) is 71.7 Å². The maximum absolute atomic E-state index is 13.9. The van der Waals surface area contributed by atoms with Gasteiger partial charge in [-0.3, -0.25) is 19.4 Å². The number of hydrogen-bond donors (Lipinski definition) is 3. The van der Waals surface area contributed by atoms with Crippen molar-refractivity contribution in [1.82, 2.24) is 29.6 Å². The van der Waals surface area contributed by atoms with Crippen LogP contribution in [0.4, 0.5) is 28.7 Å². The summed E-state index contributed by atoms with van der Waals surface area (Å²) in [6, 6.07) is 10.4. The first kappa shape index (κ1) is 35.8. The van der Waals surface area contributed by atoms with Crippen LogP contribution in [0.2, 0.25) is 0 Å². The molecule has 2 fully saturated rings. The van der Waals surface area contributed by atoms with E-state index in [2.05, 4.69) is 67.5 Å². The Morgan fingerprint density at radius 3 is 2.72 bits per heavy atom. The van der Waals surface area contributed by atoms with Crippen molar-refractivity contribution >= 4 is 40.5 Å². The van der Waals surface area contributed by atoms with Gasteiger partial charge in [0.25, 0.3) is 5.91 Å². The third-order valence-electron chi connectivity index (χ3n) is 11.3. The highest BCUT2D eigenvalue weighted by atomic mass is 16.5. The minimum absolute atomic E-state index is 0.138. The van der Waals surface area contributed by atoms with Crippen LogP contribution in [-0.2, 0) is 35.5 Å². The van der Waals surface area contributed by atoms with Gasteiger partial charge < -0.3 is 29.9 Å². The Bertz CT molecular complexity index is 2090. The summed E-state index contributed by atoms with van der Waals surface area (Å²) in [5, 5.41) is 25.5. The third-order valence-corrected chi connectivity index (χ3v) is 11.3. The fourth-order valence-electron chi connectivity index (χ4n) is 8.69. The van der Waals surface area contributed by atoms with Crippen molar-refractivity contribution in [3.63, 3.8) is 0 Å². The molecule has 0 bridgehead atoms. The molecule has 2 amide bonds. The number of ether oxygens (including phenoxy) is 1. The molecule has 0 saturated carbocycles. The van der Waals surface area contributed by atoms with E-state index in [4.69, 9.17) is 9.72 Å². The smallest absolute Gasteiger partial charge is 0.276 e. The number of rotatable bonds is 9. The highest BCUT2D eigenvalue weighted by molar-refractivity contribution is 6.06. The molecule has 1 atom stereocenters. The van der Waals surface area contributed by atoms with E-state index in [-0.39, 0.29) is 35.7 Å². The minimum Gasteiger partial charge on any atom is -0.392 e. The van der Waals surface area contributed by atoms with Gasteiger partial charge in [-0.05, 0) is 80.0 Å². The normalized spacial score (nSPS) is 20.1. The van der Waals surface area contributed by atoms with E-state index < -0.39 is 0 Å². The number of fused-ring (bicyclic) bond motifs is 3. The number of carbonyl (C=O) groups excluding carboxylic acids is 2. The van der Waals surface area contributed by atoms with Crippen molar-refractivity contribution in [3.05, 3.63) is 77.9 Å². The Hall–Kier alpha value is -5.18. The van der Waals surface area contributed by atoms with Crippen molar-refractivity contribution in [1.29, 1.82) is 0 Å². The number of aliphatic hydroxyl groups excluding tert-OH is 1. The van der Waals surface area contributed by atoms with Gasteiger partial charge in [-0.2, -0.15) is 5.10 Å². The van der Waals surface area contributed by atoms with Crippen LogP contribution in [0.15, 0.2) is 55.4 Å². The molecule has 3 aliphatic heterocycles. The number of anilines is 5. The molecule has 54 heavy (non-hydrogen) atoms. The zero-order chi connectivity index (χ0) is 37.6. The van der Waals surface area contributed by atoms with Crippen LogP contribution >= 0.6 is 0 Å². The van der Waals surface area contributed by atoms with E-state index in [1.807, 2.05) is 24.3 Å². The first-order valence-electron chi connectivity index (χ1n) is 18.9. The molecule has 3 aromatic heterocycles. The third kappa shape index (κ3) is 6.85. The molecule has 4 aromatic rings. The average Bonchev–Trinajstić information content (AvgIpc) is 3.67. The van der Waals surface area contributed by atoms with E-state index >= 15 is 0 Å². The molecule has 8 rings (SSSR count). The second kappa shape index (κ2) is 14.6. The van der Waals surface area contributed by atoms with Crippen LogP contribution in [0.25, 0.3) is 11.4 Å². The Labute approximate surface area is 315 Å². The van der Waals surface area contributed by atoms with E-state index in [1.54, 1.807) is 17.2 Å². The molecule has 14 nitrogen and oxygen atoms in total. The van der Waals surface area contributed by atoms with Gasteiger partial charge in [-0.1, -0.05) is 20.4 Å². The van der Waals surface area contributed by atoms with Gasteiger partial charge in [-0.25, -0.2) is 9.97 Å². The second-order valence-corrected chi connectivity index (χ2v) is 15.5. The summed E-state index contributed by atoms with van der Waals surface area (Å²) in [6.45, 7) is 15.4. The van der Waals surface area contributed by atoms with Crippen LogP contribution in [0, 0.1) is 5.41 Å². The van der Waals surface area contributed by atoms with Crippen molar-refractivity contribution in [3.8, 4) is 11.4 Å². The number of benzene rings is 1. The van der Waals surface area contributed by atoms with Gasteiger partial charge in [0.15, 0.2) is 11.6 Å². The molecule has 2 saturated heterocycles. The number of piperazine rings is 1. The van der Waals surface area contributed by atoms with E-state index in [0.717, 1.165) is 64.2 Å². The number of aromatic nitrogens is 5. The summed E-state index contributed by atoms with van der Waals surface area (Å²) >= 11 is 0. The average molecular weight is 733 g/mol. The van der Waals surface area contributed by atoms with E-state index in [0.29, 0.717) is 59.0 Å². The number of carbonyl (C=O) groups is 2. The molecule has 0 radical (unpaired) electrons. The molecule has 0 unspecified atom stereocenters. The molecular weight excluding hydrogens is 685 g/mol. The van der Waals surface area contributed by atoms with Crippen LogP contribution < -0.4 is 20.4 Å². The summed E-state index contributed by atoms with van der Waals surface area (Å²) in [5.41, 5.74) is 6.59.